The summed E-state index contributed by atoms with van der Waals surface area (Å²) in [5.74, 6) is -5.21. The van der Waals surface area contributed by atoms with Gasteiger partial charge in [-0.05, 0) is 25.7 Å². The van der Waals surface area contributed by atoms with E-state index in [0.29, 0.717) is 19.4 Å². The molecule has 136 valence electrons. The van der Waals surface area contributed by atoms with Crippen molar-refractivity contribution in [3.8, 4) is 0 Å². The van der Waals surface area contributed by atoms with Gasteiger partial charge in [-0.15, -0.1) is 0 Å². The van der Waals surface area contributed by atoms with Crippen LogP contribution in [0.4, 0.5) is 8.78 Å². The largest absolute Gasteiger partial charge is 0.481 e. The Kier molecular flexibility index (Phi) is 5.77. The standard InChI is InChI=1S/C16H24F2N2O4/c1-19(14(22)11-4-6-16(17,18)7-5-11)10-13(21)20-8-2-3-12(9-20)15(23)24/h11-12H,2-10H2,1H3,(H,23,24). The average Bonchev–Trinajstić information content (AvgIpc) is 2.54. The zero-order valence-corrected chi connectivity index (χ0v) is 13.8. The van der Waals surface area contributed by atoms with Crippen LogP contribution in [0.15, 0.2) is 0 Å². The van der Waals surface area contributed by atoms with Gasteiger partial charge >= 0.3 is 5.97 Å². The van der Waals surface area contributed by atoms with E-state index in [9.17, 15) is 23.2 Å². The lowest BCUT2D eigenvalue weighted by Crippen LogP contribution is -2.48. The van der Waals surface area contributed by atoms with Gasteiger partial charge in [-0.25, -0.2) is 8.78 Å². The summed E-state index contributed by atoms with van der Waals surface area (Å²) in [5, 5.41) is 9.06. The van der Waals surface area contributed by atoms with Gasteiger partial charge in [0, 0.05) is 38.9 Å². The van der Waals surface area contributed by atoms with Crippen molar-refractivity contribution >= 4 is 17.8 Å². The molecule has 1 aliphatic carbocycles. The molecule has 2 rings (SSSR count). The van der Waals surface area contributed by atoms with Crippen LogP contribution in [0.3, 0.4) is 0 Å². The third kappa shape index (κ3) is 4.64. The topological polar surface area (TPSA) is 77.9 Å². The van der Waals surface area contributed by atoms with E-state index in [1.165, 1.54) is 16.8 Å². The summed E-state index contributed by atoms with van der Waals surface area (Å²) < 4.78 is 26.3. The molecule has 1 saturated heterocycles. The SMILES string of the molecule is CN(CC(=O)N1CCCC(C(=O)O)C1)C(=O)C1CCC(F)(F)CC1. The molecule has 0 aromatic rings. The van der Waals surface area contributed by atoms with Gasteiger partial charge in [-0.2, -0.15) is 0 Å². The average molecular weight is 346 g/mol. The van der Waals surface area contributed by atoms with E-state index in [1.54, 1.807) is 0 Å². The number of aliphatic carboxylic acids is 1. The highest BCUT2D eigenvalue weighted by Crippen LogP contribution is 2.36. The van der Waals surface area contributed by atoms with Gasteiger partial charge in [0.25, 0.3) is 0 Å². The quantitative estimate of drug-likeness (QED) is 0.839. The lowest BCUT2D eigenvalue weighted by Gasteiger charge is -2.33. The van der Waals surface area contributed by atoms with Crippen LogP contribution in [0.2, 0.25) is 0 Å². The van der Waals surface area contributed by atoms with Crippen LogP contribution >= 0.6 is 0 Å². The number of carbonyl (C=O) groups is 3. The number of rotatable bonds is 4. The fourth-order valence-corrected chi connectivity index (χ4v) is 3.38. The van der Waals surface area contributed by atoms with Gasteiger partial charge in [-0.3, -0.25) is 14.4 Å². The Bertz CT molecular complexity index is 502. The summed E-state index contributed by atoms with van der Waals surface area (Å²) in [6.07, 6.45) is 0.849. The molecule has 1 N–H and O–H groups in total. The minimum Gasteiger partial charge on any atom is -0.481 e. The number of likely N-dealkylation sites (N-methyl/N-ethyl adjacent to an activating group) is 1. The van der Waals surface area contributed by atoms with Gasteiger partial charge < -0.3 is 14.9 Å². The summed E-state index contributed by atoms with van der Waals surface area (Å²) >= 11 is 0. The van der Waals surface area contributed by atoms with Crippen LogP contribution in [0.1, 0.15) is 38.5 Å². The molecule has 1 unspecified atom stereocenters. The van der Waals surface area contributed by atoms with Crippen LogP contribution in [-0.2, 0) is 14.4 Å². The maximum absolute atomic E-state index is 13.2. The maximum Gasteiger partial charge on any atom is 0.308 e. The van der Waals surface area contributed by atoms with Crippen LogP contribution in [-0.4, -0.2) is 65.3 Å². The highest BCUT2D eigenvalue weighted by Gasteiger charge is 2.38. The van der Waals surface area contributed by atoms with Crippen LogP contribution in [0.5, 0.6) is 0 Å². The Hall–Kier alpha value is -1.73. The second-order valence-electron chi connectivity index (χ2n) is 6.84. The van der Waals surface area contributed by atoms with Crippen molar-refractivity contribution in [2.75, 3.05) is 26.7 Å². The predicted molar refractivity (Wildman–Crippen MR) is 81.5 cm³/mol. The second kappa shape index (κ2) is 7.44. The zero-order chi connectivity index (χ0) is 17.9. The summed E-state index contributed by atoms with van der Waals surface area (Å²) in [6.45, 7) is 0.504. The molecule has 0 bridgehead atoms. The Labute approximate surface area is 139 Å². The second-order valence-corrected chi connectivity index (χ2v) is 6.84. The van der Waals surface area contributed by atoms with E-state index in [2.05, 4.69) is 0 Å². The molecule has 0 aromatic carbocycles. The van der Waals surface area contributed by atoms with Crippen molar-refractivity contribution in [3.63, 3.8) is 0 Å². The molecule has 8 heteroatoms. The van der Waals surface area contributed by atoms with E-state index in [0.717, 1.165) is 0 Å². The van der Waals surface area contributed by atoms with Crippen LogP contribution < -0.4 is 0 Å². The molecule has 1 atom stereocenters. The first-order chi connectivity index (χ1) is 11.2. The number of likely N-dealkylation sites (tertiary alicyclic amines) is 1. The molecular weight excluding hydrogens is 322 g/mol. The Morgan fingerprint density at radius 3 is 2.38 bits per heavy atom. The van der Waals surface area contributed by atoms with Crippen LogP contribution in [0.25, 0.3) is 0 Å². The van der Waals surface area contributed by atoms with E-state index in [1.807, 2.05) is 0 Å². The van der Waals surface area contributed by atoms with E-state index >= 15 is 0 Å². The van der Waals surface area contributed by atoms with Gasteiger partial charge in [0.2, 0.25) is 17.7 Å². The summed E-state index contributed by atoms with van der Waals surface area (Å²) in [7, 11) is 1.49. The fourth-order valence-electron chi connectivity index (χ4n) is 3.38. The molecule has 0 aromatic heterocycles. The van der Waals surface area contributed by atoms with Crippen molar-refractivity contribution in [2.45, 2.75) is 44.4 Å². The zero-order valence-electron chi connectivity index (χ0n) is 13.8. The number of amides is 2. The Morgan fingerprint density at radius 1 is 1.17 bits per heavy atom. The van der Waals surface area contributed by atoms with E-state index < -0.39 is 23.7 Å². The number of nitrogens with zero attached hydrogens (tertiary/aromatic N) is 2. The molecule has 1 aliphatic heterocycles. The predicted octanol–water partition coefficient (Wildman–Crippen LogP) is 1.59. The molecular formula is C16H24F2N2O4. The van der Waals surface area contributed by atoms with Crippen molar-refractivity contribution in [1.82, 2.24) is 9.80 Å². The molecule has 1 saturated carbocycles. The minimum absolute atomic E-state index is 0.134. The van der Waals surface area contributed by atoms with Crippen LogP contribution in [0, 0.1) is 11.8 Å². The molecule has 1 heterocycles. The number of hydrogen-bond donors (Lipinski definition) is 1. The van der Waals surface area contributed by atoms with Crippen molar-refractivity contribution in [2.24, 2.45) is 11.8 Å². The smallest absolute Gasteiger partial charge is 0.308 e. The van der Waals surface area contributed by atoms with Gasteiger partial charge in [0.15, 0.2) is 0 Å². The number of hydrogen-bond acceptors (Lipinski definition) is 3. The molecule has 0 radical (unpaired) electrons. The van der Waals surface area contributed by atoms with Gasteiger partial charge in [0.1, 0.15) is 0 Å². The summed E-state index contributed by atoms with van der Waals surface area (Å²) in [6, 6.07) is 0. The number of piperidine rings is 1. The molecule has 24 heavy (non-hydrogen) atoms. The highest BCUT2D eigenvalue weighted by molar-refractivity contribution is 5.86. The number of carbonyl (C=O) groups excluding carboxylic acids is 2. The Balaban J connectivity index is 1.84. The monoisotopic (exact) mass is 346 g/mol. The normalized spacial score (nSPS) is 24.5. The van der Waals surface area contributed by atoms with Crippen molar-refractivity contribution < 1.29 is 28.3 Å². The first-order valence-electron chi connectivity index (χ1n) is 8.33. The third-order valence-electron chi connectivity index (χ3n) is 4.94. The molecule has 2 aliphatic rings. The van der Waals surface area contributed by atoms with E-state index in [4.69, 9.17) is 5.11 Å². The summed E-state index contributed by atoms with van der Waals surface area (Å²) in [4.78, 5) is 38.4. The third-order valence-corrected chi connectivity index (χ3v) is 4.94. The minimum atomic E-state index is -2.69. The van der Waals surface area contributed by atoms with E-state index in [-0.39, 0.29) is 50.6 Å². The van der Waals surface area contributed by atoms with Gasteiger partial charge in [-0.1, -0.05) is 0 Å². The fraction of sp³-hybridized carbons (Fsp3) is 0.812. The number of alkyl halides is 2. The number of halogens is 2. The molecule has 0 spiro atoms. The van der Waals surface area contributed by atoms with Crippen molar-refractivity contribution in [1.29, 1.82) is 0 Å². The molecule has 6 nitrogen and oxygen atoms in total. The Morgan fingerprint density at radius 2 is 1.79 bits per heavy atom. The first kappa shape index (κ1) is 18.6. The lowest BCUT2D eigenvalue weighted by molar-refractivity contribution is -0.149. The lowest BCUT2D eigenvalue weighted by atomic mass is 9.86. The van der Waals surface area contributed by atoms with Gasteiger partial charge in [0.05, 0.1) is 12.5 Å². The number of carboxylic acids is 1. The highest BCUT2D eigenvalue weighted by atomic mass is 19.3. The number of carboxylic acid groups (broad SMARTS) is 1. The van der Waals surface area contributed by atoms with Crippen molar-refractivity contribution in [3.05, 3.63) is 0 Å². The molecule has 2 amide bonds. The summed E-state index contributed by atoms with van der Waals surface area (Å²) in [5.41, 5.74) is 0. The maximum atomic E-state index is 13.2. The molecule has 2 fully saturated rings. The first-order valence-corrected chi connectivity index (χ1v) is 8.33.